The van der Waals surface area contributed by atoms with Crippen LogP contribution >= 0.6 is 0 Å². The molecule has 54 valence electrons. The fraction of sp³-hybridized carbons (Fsp3) is 1.00. The molecule has 0 atom stereocenters. The van der Waals surface area contributed by atoms with Gasteiger partial charge in [-0.15, -0.1) is 0 Å². The van der Waals surface area contributed by atoms with Crippen molar-refractivity contribution < 1.29 is 0 Å². The van der Waals surface area contributed by atoms with Gasteiger partial charge in [-0.3, -0.25) is 4.90 Å². The molecule has 0 bridgehead atoms. The molecule has 1 aliphatic heterocycles. The third-order valence-electron chi connectivity index (χ3n) is 1.57. The Morgan fingerprint density at radius 1 is 1.22 bits per heavy atom. The van der Waals surface area contributed by atoms with Crippen LogP contribution in [0.1, 0.15) is 0 Å². The Morgan fingerprint density at radius 2 is 1.78 bits per heavy atom. The van der Waals surface area contributed by atoms with E-state index in [9.17, 15) is 0 Å². The van der Waals surface area contributed by atoms with Crippen LogP contribution in [0.5, 0.6) is 0 Å². The zero-order valence-electron chi connectivity index (χ0n) is 5.51. The van der Waals surface area contributed by atoms with E-state index in [1.807, 2.05) is 0 Å². The molecule has 1 aliphatic rings. The Kier molecular flexibility index (Phi) is 2.41. The molecule has 1 rings (SSSR count). The van der Waals surface area contributed by atoms with Crippen molar-refractivity contribution in [2.24, 2.45) is 11.5 Å². The van der Waals surface area contributed by atoms with Crippen LogP contribution in [0, 0.1) is 0 Å². The molecule has 0 aliphatic carbocycles. The molecular formula is C5H14N4. The molecule has 0 radical (unpaired) electrons. The highest BCUT2D eigenvalue weighted by Gasteiger charge is 2.11. The van der Waals surface area contributed by atoms with Crippen LogP contribution in [-0.4, -0.2) is 37.4 Å². The summed E-state index contributed by atoms with van der Waals surface area (Å²) in [6.07, 6.45) is -0.271. The van der Waals surface area contributed by atoms with Gasteiger partial charge in [0.05, 0.1) is 0 Å². The van der Waals surface area contributed by atoms with E-state index in [-0.39, 0.29) is 6.29 Å². The molecule has 9 heavy (non-hydrogen) atoms. The molecule has 0 saturated carbocycles. The number of hydrogen-bond acceptors (Lipinski definition) is 4. The molecule has 1 saturated heterocycles. The lowest BCUT2D eigenvalue weighted by atomic mass is 10.4. The Labute approximate surface area is 55.2 Å². The summed E-state index contributed by atoms with van der Waals surface area (Å²) < 4.78 is 0. The van der Waals surface area contributed by atoms with Gasteiger partial charge >= 0.3 is 0 Å². The summed E-state index contributed by atoms with van der Waals surface area (Å²) in [5, 5.41) is 3.22. The van der Waals surface area contributed by atoms with Crippen LogP contribution < -0.4 is 16.8 Å². The zero-order valence-corrected chi connectivity index (χ0v) is 5.51. The van der Waals surface area contributed by atoms with E-state index in [2.05, 4.69) is 10.2 Å². The van der Waals surface area contributed by atoms with Crippen molar-refractivity contribution >= 4 is 0 Å². The van der Waals surface area contributed by atoms with Gasteiger partial charge in [-0.25, -0.2) is 0 Å². The molecule has 0 spiro atoms. The highest BCUT2D eigenvalue weighted by atomic mass is 15.3. The standard InChI is InChI=1S/C5H14N4/c6-5(7)9-3-1-8-2-4-9/h5,8H,1-4,6-7H2. The summed E-state index contributed by atoms with van der Waals surface area (Å²) in [5.41, 5.74) is 10.9. The zero-order chi connectivity index (χ0) is 6.69. The van der Waals surface area contributed by atoms with Crippen molar-refractivity contribution in [3.8, 4) is 0 Å². The maximum Gasteiger partial charge on any atom is 0.109 e. The highest BCUT2D eigenvalue weighted by molar-refractivity contribution is 4.68. The minimum atomic E-state index is -0.271. The van der Waals surface area contributed by atoms with Crippen molar-refractivity contribution in [3.05, 3.63) is 0 Å². The van der Waals surface area contributed by atoms with Gasteiger partial charge in [0.25, 0.3) is 0 Å². The number of nitrogens with two attached hydrogens (primary N) is 2. The minimum absolute atomic E-state index is 0.271. The Hall–Kier alpha value is -0.160. The monoisotopic (exact) mass is 130 g/mol. The predicted molar refractivity (Wildman–Crippen MR) is 36.6 cm³/mol. The third kappa shape index (κ3) is 1.91. The summed E-state index contributed by atoms with van der Waals surface area (Å²) in [5.74, 6) is 0. The molecule has 0 unspecified atom stereocenters. The second kappa shape index (κ2) is 3.12. The smallest absolute Gasteiger partial charge is 0.109 e. The van der Waals surface area contributed by atoms with Gasteiger partial charge in [-0.1, -0.05) is 0 Å². The van der Waals surface area contributed by atoms with E-state index in [0.29, 0.717) is 0 Å². The average Bonchev–Trinajstić information content (AvgIpc) is 1.90. The van der Waals surface area contributed by atoms with E-state index < -0.39 is 0 Å². The molecule has 0 aromatic carbocycles. The predicted octanol–water partition coefficient (Wildman–Crippen LogP) is -1.91. The molecule has 1 heterocycles. The first-order chi connectivity index (χ1) is 4.30. The topological polar surface area (TPSA) is 67.3 Å². The van der Waals surface area contributed by atoms with E-state index in [1.165, 1.54) is 0 Å². The van der Waals surface area contributed by atoms with E-state index in [4.69, 9.17) is 11.5 Å². The van der Waals surface area contributed by atoms with Crippen LogP contribution in [0.4, 0.5) is 0 Å². The molecule has 1 fully saturated rings. The molecule has 5 N–H and O–H groups in total. The number of nitrogens with one attached hydrogen (secondary N) is 1. The lowest BCUT2D eigenvalue weighted by Crippen LogP contribution is -2.55. The van der Waals surface area contributed by atoms with E-state index in [1.54, 1.807) is 0 Å². The quantitative estimate of drug-likeness (QED) is 0.362. The summed E-state index contributed by atoms with van der Waals surface area (Å²) in [6.45, 7) is 3.95. The van der Waals surface area contributed by atoms with Gasteiger partial charge in [0.1, 0.15) is 6.29 Å². The first-order valence-electron chi connectivity index (χ1n) is 3.26. The second-order valence-corrected chi connectivity index (χ2v) is 2.28. The average molecular weight is 130 g/mol. The van der Waals surface area contributed by atoms with Crippen molar-refractivity contribution in [1.82, 2.24) is 10.2 Å². The van der Waals surface area contributed by atoms with Gasteiger partial charge in [-0.2, -0.15) is 0 Å². The van der Waals surface area contributed by atoms with Crippen LogP contribution in [0.15, 0.2) is 0 Å². The van der Waals surface area contributed by atoms with Gasteiger partial charge < -0.3 is 16.8 Å². The van der Waals surface area contributed by atoms with Gasteiger partial charge in [0.15, 0.2) is 0 Å². The molecule has 0 aromatic heterocycles. The van der Waals surface area contributed by atoms with Gasteiger partial charge in [0.2, 0.25) is 0 Å². The van der Waals surface area contributed by atoms with Crippen molar-refractivity contribution in [2.75, 3.05) is 26.2 Å². The highest BCUT2D eigenvalue weighted by Crippen LogP contribution is 1.89. The van der Waals surface area contributed by atoms with Crippen LogP contribution in [-0.2, 0) is 0 Å². The summed E-state index contributed by atoms with van der Waals surface area (Å²) in [6, 6.07) is 0. The summed E-state index contributed by atoms with van der Waals surface area (Å²) >= 11 is 0. The number of hydrogen-bond donors (Lipinski definition) is 3. The normalized spacial score (nSPS) is 23.0. The molecular weight excluding hydrogens is 116 g/mol. The molecule has 0 aromatic rings. The minimum Gasteiger partial charge on any atom is -0.314 e. The lowest BCUT2D eigenvalue weighted by molar-refractivity contribution is 0.180. The van der Waals surface area contributed by atoms with Crippen molar-refractivity contribution in [2.45, 2.75) is 6.29 Å². The molecule has 4 heteroatoms. The van der Waals surface area contributed by atoms with Crippen molar-refractivity contribution in [1.29, 1.82) is 0 Å². The SMILES string of the molecule is NC(N)N1CCNCC1. The third-order valence-corrected chi connectivity index (χ3v) is 1.57. The maximum absolute atomic E-state index is 5.44. The fourth-order valence-electron chi connectivity index (χ4n) is 0.980. The Morgan fingerprint density at radius 3 is 2.11 bits per heavy atom. The lowest BCUT2D eigenvalue weighted by Gasteiger charge is -2.29. The van der Waals surface area contributed by atoms with E-state index >= 15 is 0 Å². The Bertz CT molecular complexity index is 77.0. The van der Waals surface area contributed by atoms with Crippen LogP contribution in [0.2, 0.25) is 0 Å². The molecule has 0 amide bonds. The largest absolute Gasteiger partial charge is 0.314 e. The summed E-state index contributed by atoms with van der Waals surface area (Å²) in [4.78, 5) is 2.05. The first kappa shape index (κ1) is 6.95. The van der Waals surface area contributed by atoms with E-state index in [0.717, 1.165) is 26.2 Å². The maximum atomic E-state index is 5.44. The van der Waals surface area contributed by atoms with Gasteiger partial charge in [0, 0.05) is 26.2 Å². The fourth-order valence-corrected chi connectivity index (χ4v) is 0.980. The number of piperazine rings is 1. The molecule has 4 nitrogen and oxygen atoms in total. The van der Waals surface area contributed by atoms with Crippen LogP contribution in [0.3, 0.4) is 0 Å². The van der Waals surface area contributed by atoms with Crippen molar-refractivity contribution in [3.63, 3.8) is 0 Å². The second-order valence-electron chi connectivity index (χ2n) is 2.28. The van der Waals surface area contributed by atoms with Crippen LogP contribution in [0.25, 0.3) is 0 Å². The Balaban J connectivity index is 2.23. The first-order valence-corrected chi connectivity index (χ1v) is 3.26. The number of rotatable bonds is 1. The number of nitrogens with zero attached hydrogens (tertiary/aromatic N) is 1. The summed E-state index contributed by atoms with van der Waals surface area (Å²) in [7, 11) is 0. The van der Waals surface area contributed by atoms with Gasteiger partial charge in [-0.05, 0) is 0 Å².